The molecule has 3 rings (SSSR count). The summed E-state index contributed by atoms with van der Waals surface area (Å²) >= 11 is 0. The normalized spacial score (nSPS) is 18.4. The Hall–Kier alpha value is -0.480. The number of halogens is 2. The fourth-order valence-electron chi connectivity index (χ4n) is 3.95. The van der Waals surface area contributed by atoms with Crippen molar-refractivity contribution < 1.29 is 4.74 Å². The van der Waals surface area contributed by atoms with Crippen LogP contribution in [0.15, 0.2) is 18.2 Å². The molecule has 0 aromatic heterocycles. The standard InChI is InChI=1S/C21H34N2O.2ClH/c1-18(2)23-14-6-8-19-16-21(10-9-20(19)17-23)24-15-7-13-22-11-4-3-5-12-22;;/h9-10,16,18H,3-8,11-15,17H2,1-2H3;2*1H. The summed E-state index contributed by atoms with van der Waals surface area (Å²) < 4.78 is 6.04. The van der Waals surface area contributed by atoms with Gasteiger partial charge < -0.3 is 9.64 Å². The Balaban J connectivity index is 0.00000169. The van der Waals surface area contributed by atoms with Gasteiger partial charge in [-0.3, -0.25) is 4.90 Å². The van der Waals surface area contributed by atoms with Gasteiger partial charge in [0.2, 0.25) is 0 Å². The molecule has 0 bridgehead atoms. The summed E-state index contributed by atoms with van der Waals surface area (Å²) in [6, 6.07) is 7.38. The maximum absolute atomic E-state index is 6.04. The maximum Gasteiger partial charge on any atom is 0.119 e. The van der Waals surface area contributed by atoms with E-state index in [-0.39, 0.29) is 24.8 Å². The van der Waals surface area contributed by atoms with Crippen LogP contribution >= 0.6 is 24.8 Å². The number of rotatable bonds is 6. The summed E-state index contributed by atoms with van der Waals surface area (Å²) in [6.07, 6.45) is 7.74. The molecule has 0 unspecified atom stereocenters. The average Bonchev–Trinajstić information content (AvgIpc) is 2.82. The van der Waals surface area contributed by atoms with Gasteiger partial charge in [0.25, 0.3) is 0 Å². The molecular formula is C21H36Cl2N2O. The van der Waals surface area contributed by atoms with E-state index in [1.165, 1.54) is 69.4 Å². The molecule has 150 valence electrons. The van der Waals surface area contributed by atoms with Crippen LogP contribution in [0, 0.1) is 0 Å². The first-order valence-electron chi connectivity index (χ1n) is 9.93. The van der Waals surface area contributed by atoms with E-state index in [1.54, 1.807) is 0 Å². The van der Waals surface area contributed by atoms with E-state index in [0.717, 1.165) is 25.3 Å². The molecule has 2 heterocycles. The Morgan fingerprint density at radius 3 is 2.46 bits per heavy atom. The molecular weight excluding hydrogens is 367 g/mol. The third kappa shape index (κ3) is 6.92. The number of fused-ring (bicyclic) bond motifs is 1. The number of benzene rings is 1. The number of nitrogens with zero attached hydrogens (tertiary/aromatic N) is 2. The van der Waals surface area contributed by atoms with E-state index in [2.05, 4.69) is 41.8 Å². The van der Waals surface area contributed by atoms with Crippen molar-refractivity contribution in [1.82, 2.24) is 9.80 Å². The van der Waals surface area contributed by atoms with E-state index in [9.17, 15) is 0 Å². The van der Waals surface area contributed by atoms with Gasteiger partial charge in [-0.05, 0) is 88.8 Å². The van der Waals surface area contributed by atoms with Crippen LogP contribution in [-0.4, -0.2) is 48.6 Å². The van der Waals surface area contributed by atoms with Crippen LogP contribution in [-0.2, 0) is 13.0 Å². The van der Waals surface area contributed by atoms with Crippen molar-refractivity contribution in [1.29, 1.82) is 0 Å². The van der Waals surface area contributed by atoms with E-state index in [0.29, 0.717) is 6.04 Å². The van der Waals surface area contributed by atoms with Gasteiger partial charge in [0.1, 0.15) is 5.75 Å². The lowest BCUT2D eigenvalue weighted by molar-refractivity contribution is 0.205. The van der Waals surface area contributed by atoms with Crippen LogP contribution in [0.25, 0.3) is 0 Å². The lowest BCUT2D eigenvalue weighted by atomic mass is 10.0. The SMILES string of the molecule is CC(C)N1CCCc2cc(OCCCN3CCCCC3)ccc2C1.Cl.Cl. The smallest absolute Gasteiger partial charge is 0.119 e. The molecule has 5 heteroatoms. The van der Waals surface area contributed by atoms with Crippen molar-refractivity contribution in [3.8, 4) is 5.75 Å². The van der Waals surface area contributed by atoms with Crippen LogP contribution in [0.1, 0.15) is 57.1 Å². The molecule has 0 aliphatic carbocycles. The van der Waals surface area contributed by atoms with Crippen molar-refractivity contribution in [3.63, 3.8) is 0 Å². The minimum Gasteiger partial charge on any atom is -0.494 e. The zero-order valence-electron chi connectivity index (χ0n) is 16.4. The number of ether oxygens (including phenoxy) is 1. The second-order valence-electron chi connectivity index (χ2n) is 7.70. The van der Waals surface area contributed by atoms with Crippen LogP contribution in [0.3, 0.4) is 0 Å². The topological polar surface area (TPSA) is 15.7 Å². The highest BCUT2D eigenvalue weighted by Gasteiger charge is 2.17. The third-order valence-electron chi connectivity index (χ3n) is 5.51. The van der Waals surface area contributed by atoms with Crippen molar-refractivity contribution in [2.45, 2.75) is 65.0 Å². The van der Waals surface area contributed by atoms with E-state index >= 15 is 0 Å². The zero-order chi connectivity index (χ0) is 16.8. The summed E-state index contributed by atoms with van der Waals surface area (Å²) in [5.41, 5.74) is 2.98. The molecule has 0 N–H and O–H groups in total. The average molecular weight is 403 g/mol. The molecule has 1 aromatic carbocycles. The van der Waals surface area contributed by atoms with E-state index < -0.39 is 0 Å². The highest BCUT2D eigenvalue weighted by Crippen LogP contribution is 2.24. The van der Waals surface area contributed by atoms with Crippen LogP contribution < -0.4 is 4.74 Å². The molecule has 0 saturated carbocycles. The Morgan fingerprint density at radius 2 is 1.73 bits per heavy atom. The fourth-order valence-corrected chi connectivity index (χ4v) is 3.95. The molecule has 1 fully saturated rings. The van der Waals surface area contributed by atoms with Crippen molar-refractivity contribution in [3.05, 3.63) is 29.3 Å². The number of hydrogen-bond acceptors (Lipinski definition) is 3. The summed E-state index contributed by atoms with van der Waals surface area (Å²) in [5.74, 6) is 1.06. The van der Waals surface area contributed by atoms with Gasteiger partial charge in [0.05, 0.1) is 6.61 Å². The highest BCUT2D eigenvalue weighted by atomic mass is 35.5. The van der Waals surface area contributed by atoms with Crippen molar-refractivity contribution >= 4 is 24.8 Å². The first-order valence-corrected chi connectivity index (χ1v) is 9.93. The van der Waals surface area contributed by atoms with Gasteiger partial charge in [-0.15, -0.1) is 24.8 Å². The Morgan fingerprint density at radius 1 is 0.962 bits per heavy atom. The number of aryl methyl sites for hydroxylation is 1. The number of hydrogen-bond donors (Lipinski definition) is 0. The van der Waals surface area contributed by atoms with Crippen molar-refractivity contribution in [2.75, 3.05) is 32.8 Å². The lowest BCUT2D eigenvalue weighted by Crippen LogP contribution is -2.31. The first kappa shape index (κ1) is 23.6. The number of likely N-dealkylation sites (tertiary alicyclic amines) is 1. The Kier molecular flexibility index (Phi) is 10.9. The fraction of sp³-hybridized carbons (Fsp3) is 0.714. The Bertz CT molecular complexity index is 519. The Labute approximate surface area is 172 Å². The lowest BCUT2D eigenvalue weighted by Gasteiger charge is -2.26. The molecule has 1 aromatic rings. The predicted octanol–water partition coefficient (Wildman–Crippen LogP) is 4.94. The zero-order valence-corrected chi connectivity index (χ0v) is 18.0. The van der Waals surface area contributed by atoms with Crippen molar-refractivity contribution in [2.24, 2.45) is 0 Å². The largest absolute Gasteiger partial charge is 0.494 e. The highest BCUT2D eigenvalue weighted by molar-refractivity contribution is 5.85. The summed E-state index contributed by atoms with van der Waals surface area (Å²) in [4.78, 5) is 5.16. The van der Waals surface area contributed by atoms with Crippen LogP contribution in [0.2, 0.25) is 0 Å². The quantitative estimate of drug-likeness (QED) is 0.626. The third-order valence-corrected chi connectivity index (χ3v) is 5.51. The van der Waals surface area contributed by atoms with Gasteiger partial charge in [0, 0.05) is 19.1 Å². The van der Waals surface area contributed by atoms with Crippen LogP contribution in [0.5, 0.6) is 5.75 Å². The number of piperidine rings is 1. The van der Waals surface area contributed by atoms with Crippen LogP contribution in [0.4, 0.5) is 0 Å². The maximum atomic E-state index is 6.04. The monoisotopic (exact) mass is 402 g/mol. The van der Waals surface area contributed by atoms with E-state index in [1.807, 2.05) is 0 Å². The molecule has 0 atom stereocenters. The summed E-state index contributed by atoms with van der Waals surface area (Å²) in [7, 11) is 0. The molecule has 1 saturated heterocycles. The molecule has 2 aliphatic rings. The van der Waals surface area contributed by atoms with Gasteiger partial charge in [-0.1, -0.05) is 12.5 Å². The van der Waals surface area contributed by atoms with Gasteiger partial charge >= 0.3 is 0 Å². The first-order chi connectivity index (χ1) is 11.7. The van der Waals surface area contributed by atoms with Gasteiger partial charge in [0.15, 0.2) is 0 Å². The second-order valence-corrected chi connectivity index (χ2v) is 7.70. The summed E-state index contributed by atoms with van der Waals surface area (Å²) in [5, 5.41) is 0. The molecule has 3 nitrogen and oxygen atoms in total. The minimum atomic E-state index is 0. The second kappa shape index (κ2) is 12.1. The molecule has 2 aliphatic heterocycles. The molecule has 0 spiro atoms. The van der Waals surface area contributed by atoms with Gasteiger partial charge in [-0.2, -0.15) is 0 Å². The predicted molar refractivity (Wildman–Crippen MR) is 115 cm³/mol. The van der Waals surface area contributed by atoms with Gasteiger partial charge in [-0.25, -0.2) is 0 Å². The molecule has 0 radical (unpaired) electrons. The van der Waals surface area contributed by atoms with E-state index in [4.69, 9.17) is 4.74 Å². The minimum absolute atomic E-state index is 0. The molecule has 0 amide bonds. The summed E-state index contributed by atoms with van der Waals surface area (Å²) in [6.45, 7) is 11.5. The molecule has 26 heavy (non-hydrogen) atoms.